The molecule has 12 nitrogen and oxygen atoms in total. The number of rotatable bonds is 10. The van der Waals surface area contributed by atoms with Crippen LogP contribution in [0.25, 0.3) is 0 Å². The minimum Gasteiger partial charge on any atom is -0.459 e. The Balaban J connectivity index is 1.93. The van der Waals surface area contributed by atoms with E-state index in [9.17, 15) is 30.0 Å². The van der Waals surface area contributed by atoms with Crippen LogP contribution in [0.15, 0.2) is 0 Å². The van der Waals surface area contributed by atoms with Gasteiger partial charge in [0.15, 0.2) is 12.4 Å². The fourth-order valence-electron chi connectivity index (χ4n) is 8.26. The molecular formula is C38H70N2O10S2. The van der Waals surface area contributed by atoms with Crippen molar-refractivity contribution in [2.75, 3.05) is 33.4 Å². The zero-order chi connectivity index (χ0) is 39.1. The van der Waals surface area contributed by atoms with Crippen molar-refractivity contribution in [2.45, 2.75) is 178 Å². The zero-order valence-corrected chi connectivity index (χ0v) is 35.2. The van der Waals surface area contributed by atoms with Crippen LogP contribution in [0.5, 0.6) is 0 Å². The molecule has 0 aromatic rings. The Morgan fingerprint density at radius 3 is 2.37 bits per heavy atom. The molecule has 3 aliphatic rings. The molecule has 52 heavy (non-hydrogen) atoms. The molecule has 0 aromatic heterocycles. The quantitative estimate of drug-likeness (QED) is 0.142. The van der Waals surface area contributed by atoms with Crippen LogP contribution in [0.4, 0.5) is 0 Å². The highest BCUT2D eigenvalue weighted by atomic mass is 33.1. The highest BCUT2D eigenvalue weighted by Crippen LogP contribution is 2.40. The van der Waals surface area contributed by atoms with Gasteiger partial charge in [-0.2, -0.15) is 0 Å². The lowest BCUT2D eigenvalue weighted by Crippen LogP contribution is -2.60. The van der Waals surface area contributed by atoms with Gasteiger partial charge in [0, 0.05) is 35.9 Å². The van der Waals surface area contributed by atoms with Crippen molar-refractivity contribution in [1.82, 2.24) is 9.80 Å². The molecule has 0 amide bonds. The van der Waals surface area contributed by atoms with E-state index in [0.29, 0.717) is 18.2 Å². The van der Waals surface area contributed by atoms with Crippen molar-refractivity contribution in [1.29, 1.82) is 0 Å². The molecule has 4 N–H and O–H groups in total. The minimum absolute atomic E-state index is 0.131. The van der Waals surface area contributed by atoms with Gasteiger partial charge in [-0.3, -0.25) is 9.59 Å². The number of aliphatic hydroxyl groups is 4. The zero-order valence-electron chi connectivity index (χ0n) is 33.5. The number of carbonyl (C=O) groups excluding carboxylic acids is 2. The average Bonchev–Trinajstić information content (AvgIpc) is 3.59. The Labute approximate surface area is 320 Å². The molecule has 3 aliphatic heterocycles. The standard InChI is InChI=1S/C38H70N2O10S2/c1-12-29-38(8,46)33(43)26(6)40(11)21-22(2)20-37(7,45)34(24(4)31(42)25(5)35(44)48-29)50-36-32(28(39(9)10)19-23(3)47-36)49-30(41)16-14-13-15-27-17-18-51-52-27/h22-29,31-34,36,42-43,45-46H,12-21H2,1-11H3/t22-,23-,24+,25-,26-,27-,28+,29-,31+,32-,33-,34-,36+,37?,38-/m1/s1. The van der Waals surface area contributed by atoms with Crippen LogP contribution in [-0.2, 0) is 28.5 Å². The van der Waals surface area contributed by atoms with Gasteiger partial charge < -0.3 is 49.2 Å². The van der Waals surface area contributed by atoms with Crippen molar-refractivity contribution in [3.63, 3.8) is 0 Å². The Kier molecular flexibility index (Phi) is 17.5. The summed E-state index contributed by atoms with van der Waals surface area (Å²) >= 11 is 0. The molecule has 0 bridgehead atoms. The molecule has 3 fully saturated rings. The molecule has 0 radical (unpaired) electrons. The third-order valence-corrected chi connectivity index (χ3v) is 14.6. The Morgan fingerprint density at radius 2 is 1.77 bits per heavy atom. The minimum atomic E-state index is -1.77. The van der Waals surface area contributed by atoms with Crippen LogP contribution in [0.3, 0.4) is 0 Å². The molecule has 304 valence electrons. The first kappa shape index (κ1) is 45.7. The maximum Gasteiger partial charge on any atom is 0.311 e. The molecule has 14 heteroatoms. The van der Waals surface area contributed by atoms with E-state index in [2.05, 4.69) is 0 Å². The van der Waals surface area contributed by atoms with Gasteiger partial charge in [0.1, 0.15) is 17.8 Å². The van der Waals surface area contributed by atoms with Crippen LogP contribution in [0, 0.1) is 17.8 Å². The summed E-state index contributed by atoms with van der Waals surface area (Å²) < 4.78 is 25.1. The highest BCUT2D eigenvalue weighted by Gasteiger charge is 2.50. The number of cyclic esters (lactones) is 1. The number of likely N-dealkylation sites (N-methyl/N-ethyl adjacent to an activating group) is 2. The predicted octanol–water partition coefficient (Wildman–Crippen LogP) is 4.24. The topological polar surface area (TPSA) is 158 Å². The molecule has 15 atom stereocenters. The molecule has 3 saturated heterocycles. The van der Waals surface area contributed by atoms with Gasteiger partial charge in [-0.1, -0.05) is 48.8 Å². The molecule has 0 spiro atoms. The summed E-state index contributed by atoms with van der Waals surface area (Å²) in [4.78, 5) is 30.8. The fraction of sp³-hybridized carbons (Fsp3) is 0.947. The van der Waals surface area contributed by atoms with Gasteiger partial charge in [0.25, 0.3) is 0 Å². The largest absolute Gasteiger partial charge is 0.459 e. The van der Waals surface area contributed by atoms with E-state index < -0.39 is 71.9 Å². The van der Waals surface area contributed by atoms with E-state index in [1.165, 1.54) is 19.1 Å². The summed E-state index contributed by atoms with van der Waals surface area (Å²) in [5.74, 6) is -1.91. The summed E-state index contributed by atoms with van der Waals surface area (Å²) in [5.41, 5.74) is -3.32. The highest BCUT2D eigenvalue weighted by molar-refractivity contribution is 8.77. The monoisotopic (exact) mass is 778 g/mol. The van der Waals surface area contributed by atoms with Gasteiger partial charge in [0.05, 0.1) is 35.9 Å². The molecule has 0 aromatic carbocycles. The Morgan fingerprint density at radius 1 is 1.10 bits per heavy atom. The SMILES string of the molecule is CC[C@H]1OC(=O)[C@H](C)[C@@H](O)[C@H](C)[C@@H](O[C@@H]2O[C@H](C)C[C@H](N(C)C)[C@H]2OC(=O)CCCC[C@@H]2CCSS2)C(C)(O)C[C@@H](C)CN(C)[C@H](C)[C@@H](O)[C@]1(C)O. The summed E-state index contributed by atoms with van der Waals surface area (Å²) in [6.45, 7) is 14.3. The smallest absolute Gasteiger partial charge is 0.311 e. The molecule has 1 unspecified atom stereocenters. The van der Waals surface area contributed by atoms with Crippen LogP contribution >= 0.6 is 21.6 Å². The number of carbonyl (C=O) groups is 2. The van der Waals surface area contributed by atoms with E-state index in [1.54, 1.807) is 34.6 Å². The Hall–Kier alpha value is -0.680. The summed E-state index contributed by atoms with van der Waals surface area (Å²) in [5, 5.41) is 47.5. The number of ether oxygens (including phenoxy) is 4. The average molecular weight is 779 g/mol. The van der Waals surface area contributed by atoms with Gasteiger partial charge in [-0.15, -0.1) is 0 Å². The molecule has 0 aliphatic carbocycles. The van der Waals surface area contributed by atoms with E-state index in [1.807, 2.05) is 66.4 Å². The van der Waals surface area contributed by atoms with Crippen LogP contribution in [-0.4, -0.2) is 147 Å². The summed E-state index contributed by atoms with van der Waals surface area (Å²) in [7, 11) is 9.54. The predicted molar refractivity (Wildman–Crippen MR) is 206 cm³/mol. The van der Waals surface area contributed by atoms with Crippen LogP contribution in [0.1, 0.15) is 107 Å². The maximum atomic E-state index is 13.6. The number of esters is 2. The van der Waals surface area contributed by atoms with Crippen molar-refractivity contribution in [3.8, 4) is 0 Å². The first-order valence-electron chi connectivity index (χ1n) is 19.4. The number of hydrogen-bond acceptors (Lipinski definition) is 14. The maximum absolute atomic E-state index is 13.6. The van der Waals surface area contributed by atoms with Crippen molar-refractivity contribution >= 4 is 33.5 Å². The van der Waals surface area contributed by atoms with Crippen molar-refractivity contribution in [3.05, 3.63) is 0 Å². The first-order valence-corrected chi connectivity index (χ1v) is 21.8. The third-order valence-electron chi connectivity index (χ3n) is 11.6. The fourth-order valence-corrected chi connectivity index (χ4v) is 11.3. The Bertz CT molecular complexity index is 1130. The van der Waals surface area contributed by atoms with Gasteiger partial charge >= 0.3 is 11.9 Å². The second kappa shape index (κ2) is 20.0. The van der Waals surface area contributed by atoms with E-state index in [0.717, 1.165) is 19.3 Å². The van der Waals surface area contributed by atoms with Crippen molar-refractivity contribution in [2.24, 2.45) is 17.8 Å². The van der Waals surface area contributed by atoms with Gasteiger partial charge in [0.2, 0.25) is 0 Å². The molecular weight excluding hydrogens is 709 g/mol. The van der Waals surface area contributed by atoms with Crippen LogP contribution in [0.2, 0.25) is 0 Å². The van der Waals surface area contributed by atoms with E-state index in [4.69, 9.17) is 18.9 Å². The number of nitrogens with zero attached hydrogens (tertiary/aromatic N) is 2. The summed E-state index contributed by atoms with van der Waals surface area (Å²) in [6.07, 6.45) is -1.50. The van der Waals surface area contributed by atoms with E-state index in [-0.39, 0.29) is 43.3 Å². The normalized spacial score (nSPS) is 43.5. The first-order chi connectivity index (χ1) is 24.2. The van der Waals surface area contributed by atoms with Crippen molar-refractivity contribution < 1.29 is 49.0 Å². The second-order valence-electron chi connectivity index (χ2n) is 16.7. The van der Waals surface area contributed by atoms with E-state index >= 15 is 0 Å². The lowest BCUT2D eigenvalue weighted by Gasteiger charge is -2.47. The third kappa shape index (κ3) is 11.9. The lowest BCUT2D eigenvalue weighted by molar-refractivity contribution is -0.301. The molecule has 3 rings (SSSR count). The summed E-state index contributed by atoms with van der Waals surface area (Å²) in [6, 6.07) is -0.754. The molecule has 0 saturated carbocycles. The van der Waals surface area contributed by atoms with Crippen LogP contribution < -0.4 is 0 Å². The number of hydrogen-bond donors (Lipinski definition) is 4. The lowest BCUT2D eigenvalue weighted by atomic mass is 9.78. The second-order valence-corrected chi connectivity index (χ2v) is 19.4. The number of unbranched alkanes of at least 4 members (excludes halogenated alkanes) is 1. The van der Waals surface area contributed by atoms with Gasteiger partial charge in [-0.25, -0.2) is 0 Å². The number of aliphatic hydroxyl groups excluding tert-OH is 2. The molecule has 3 heterocycles. The van der Waals surface area contributed by atoms with Gasteiger partial charge in [-0.05, 0) is 100 Å².